The Morgan fingerprint density at radius 3 is 2.63 bits per heavy atom. The summed E-state index contributed by atoms with van der Waals surface area (Å²) in [6, 6.07) is 5.24. The Labute approximate surface area is 175 Å². The van der Waals surface area contributed by atoms with Crippen molar-refractivity contribution in [2.75, 3.05) is 26.2 Å². The number of piperidine rings is 1. The van der Waals surface area contributed by atoms with E-state index in [4.69, 9.17) is 4.74 Å². The average Bonchev–Trinajstić information content (AvgIpc) is 2.95. The molecule has 166 valence electrons. The highest BCUT2D eigenvalue weighted by Crippen LogP contribution is 2.44. The summed E-state index contributed by atoms with van der Waals surface area (Å²) in [7, 11) is 0. The van der Waals surface area contributed by atoms with E-state index in [0.717, 1.165) is 31.8 Å². The summed E-state index contributed by atoms with van der Waals surface area (Å²) < 4.78 is 44.2. The Hall–Kier alpha value is -2.09. The van der Waals surface area contributed by atoms with Crippen LogP contribution in [0.4, 0.5) is 13.2 Å². The number of carbonyl (C=O) groups excluding carboxylic acids is 2. The van der Waals surface area contributed by atoms with Crippen LogP contribution >= 0.6 is 0 Å². The van der Waals surface area contributed by atoms with Crippen LogP contribution in [0.15, 0.2) is 24.3 Å². The number of ether oxygens (including phenoxy) is 1. The number of esters is 1. The molecule has 2 unspecified atom stereocenters. The Bertz CT molecular complexity index is 773. The Balaban J connectivity index is 1.55. The molecule has 0 aliphatic carbocycles. The van der Waals surface area contributed by atoms with Gasteiger partial charge in [0.15, 0.2) is 0 Å². The third-order valence-corrected chi connectivity index (χ3v) is 6.37. The van der Waals surface area contributed by atoms with Crippen molar-refractivity contribution in [3.63, 3.8) is 0 Å². The molecule has 1 spiro atoms. The maximum atomic E-state index is 12.9. The summed E-state index contributed by atoms with van der Waals surface area (Å²) in [4.78, 5) is 27.4. The number of nitrogens with zero attached hydrogens (tertiary/aromatic N) is 1. The number of aryl methyl sites for hydroxylation is 1. The van der Waals surface area contributed by atoms with Gasteiger partial charge in [-0.1, -0.05) is 32.0 Å². The molecule has 2 aliphatic rings. The highest BCUT2D eigenvalue weighted by molar-refractivity contribution is 5.89. The number of hydrogen-bond acceptors (Lipinski definition) is 4. The number of benzene rings is 1. The lowest BCUT2D eigenvalue weighted by atomic mass is 9.75. The van der Waals surface area contributed by atoms with Gasteiger partial charge in [-0.2, -0.15) is 13.2 Å². The second-order valence-corrected chi connectivity index (χ2v) is 8.28. The molecule has 2 fully saturated rings. The molecule has 3 rings (SSSR count). The van der Waals surface area contributed by atoms with Crippen molar-refractivity contribution in [3.8, 4) is 0 Å². The molecule has 8 heteroatoms. The molecule has 2 saturated heterocycles. The Morgan fingerprint density at radius 1 is 1.30 bits per heavy atom. The van der Waals surface area contributed by atoms with Crippen LogP contribution in [0.1, 0.15) is 44.2 Å². The predicted molar refractivity (Wildman–Crippen MR) is 106 cm³/mol. The van der Waals surface area contributed by atoms with Crippen molar-refractivity contribution in [1.82, 2.24) is 10.2 Å². The highest BCUT2D eigenvalue weighted by Gasteiger charge is 2.57. The van der Waals surface area contributed by atoms with Crippen molar-refractivity contribution in [2.45, 2.75) is 51.3 Å². The predicted octanol–water partition coefficient (Wildman–Crippen LogP) is 3.42. The largest absolute Gasteiger partial charge is 0.458 e. The summed E-state index contributed by atoms with van der Waals surface area (Å²) >= 11 is 0. The van der Waals surface area contributed by atoms with Gasteiger partial charge in [-0.15, -0.1) is 0 Å². The Kier molecular flexibility index (Phi) is 6.75. The third kappa shape index (κ3) is 4.79. The SMILES string of the molecule is CCN1CCC2(CC1)OC(=O)C(C)C2C(=O)NCCCc1cccc(C(F)(F)F)c1. The molecule has 30 heavy (non-hydrogen) atoms. The number of amides is 1. The van der Waals surface area contributed by atoms with Crippen molar-refractivity contribution in [1.29, 1.82) is 0 Å². The lowest BCUT2D eigenvalue weighted by Crippen LogP contribution is -2.52. The summed E-state index contributed by atoms with van der Waals surface area (Å²) in [6.07, 6.45) is -2.15. The van der Waals surface area contributed by atoms with Gasteiger partial charge in [0.25, 0.3) is 0 Å². The molecule has 1 amide bonds. The zero-order chi connectivity index (χ0) is 21.9. The normalized spacial score (nSPS) is 24.1. The first kappa shape index (κ1) is 22.6. The third-order valence-electron chi connectivity index (χ3n) is 6.37. The molecule has 1 aromatic rings. The van der Waals surface area contributed by atoms with Gasteiger partial charge in [-0.3, -0.25) is 9.59 Å². The fraction of sp³-hybridized carbons (Fsp3) is 0.636. The monoisotopic (exact) mass is 426 g/mol. The fourth-order valence-corrected chi connectivity index (χ4v) is 4.59. The minimum absolute atomic E-state index is 0.206. The molecule has 1 aromatic carbocycles. The van der Waals surface area contributed by atoms with Crippen molar-refractivity contribution < 1.29 is 27.5 Å². The number of carbonyl (C=O) groups is 2. The molecule has 0 bridgehead atoms. The smallest absolute Gasteiger partial charge is 0.416 e. The first-order chi connectivity index (χ1) is 14.2. The van der Waals surface area contributed by atoms with Gasteiger partial charge in [0, 0.05) is 32.5 Å². The number of nitrogens with one attached hydrogen (secondary N) is 1. The van der Waals surface area contributed by atoms with Gasteiger partial charge in [0.2, 0.25) is 5.91 Å². The van der Waals surface area contributed by atoms with Gasteiger partial charge in [-0.05, 0) is 31.0 Å². The number of rotatable bonds is 6. The molecule has 1 N–H and O–H groups in total. The fourth-order valence-electron chi connectivity index (χ4n) is 4.59. The summed E-state index contributed by atoms with van der Waals surface area (Å²) in [5.74, 6) is -1.56. The second kappa shape index (κ2) is 8.96. The van der Waals surface area contributed by atoms with Crippen LogP contribution in [-0.2, 0) is 26.9 Å². The van der Waals surface area contributed by atoms with E-state index in [1.54, 1.807) is 13.0 Å². The topological polar surface area (TPSA) is 58.6 Å². The van der Waals surface area contributed by atoms with E-state index in [-0.39, 0.29) is 11.9 Å². The van der Waals surface area contributed by atoms with Crippen molar-refractivity contribution in [3.05, 3.63) is 35.4 Å². The van der Waals surface area contributed by atoms with Crippen LogP contribution in [0.2, 0.25) is 0 Å². The van der Waals surface area contributed by atoms with E-state index in [1.165, 1.54) is 6.07 Å². The van der Waals surface area contributed by atoms with E-state index >= 15 is 0 Å². The molecule has 2 heterocycles. The molecule has 0 saturated carbocycles. The van der Waals surface area contributed by atoms with E-state index in [0.29, 0.717) is 37.8 Å². The van der Waals surface area contributed by atoms with Crippen LogP contribution in [0.25, 0.3) is 0 Å². The van der Waals surface area contributed by atoms with Crippen LogP contribution in [-0.4, -0.2) is 48.6 Å². The number of alkyl halides is 3. The van der Waals surface area contributed by atoms with E-state index in [2.05, 4.69) is 17.1 Å². The molecule has 2 aliphatic heterocycles. The highest BCUT2D eigenvalue weighted by atomic mass is 19.4. The molecule has 2 atom stereocenters. The maximum Gasteiger partial charge on any atom is 0.416 e. The summed E-state index contributed by atoms with van der Waals surface area (Å²) in [5.41, 5.74) is -0.831. The summed E-state index contributed by atoms with van der Waals surface area (Å²) in [6.45, 7) is 6.65. The lowest BCUT2D eigenvalue weighted by molar-refractivity contribution is -0.156. The quantitative estimate of drug-likeness (QED) is 0.560. The van der Waals surface area contributed by atoms with Crippen LogP contribution < -0.4 is 5.32 Å². The van der Waals surface area contributed by atoms with E-state index in [9.17, 15) is 22.8 Å². The van der Waals surface area contributed by atoms with Gasteiger partial charge in [0.05, 0.1) is 17.4 Å². The maximum absolute atomic E-state index is 12.9. The van der Waals surface area contributed by atoms with Crippen LogP contribution in [0.3, 0.4) is 0 Å². The van der Waals surface area contributed by atoms with E-state index in [1.807, 2.05) is 0 Å². The molecule has 0 radical (unpaired) electrons. The zero-order valence-electron chi connectivity index (χ0n) is 17.4. The van der Waals surface area contributed by atoms with Crippen LogP contribution in [0.5, 0.6) is 0 Å². The minimum atomic E-state index is -4.36. The molecular weight excluding hydrogens is 397 g/mol. The van der Waals surface area contributed by atoms with Gasteiger partial charge in [0.1, 0.15) is 5.60 Å². The van der Waals surface area contributed by atoms with Crippen molar-refractivity contribution in [2.24, 2.45) is 11.8 Å². The first-order valence-corrected chi connectivity index (χ1v) is 10.6. The summed E-state index contributed by atoms with van der Waals surface area (Å²) in [5, 5.41) is 2.88. The zero-order valence-corrected chi connectivity index (χ0v) is 17.4. The number of halogens is 3. The van der Waals surface area contributed by atoms with E-state index < -0.39 is 29.2 Å². The average molecular weight is 426 g/mol. The van der Waals surface area contributed by atoms with Gasteiger partial charge < -0.3 is 15.0 Å². The van der Waals surface area contributed by atoms with Gasteiger partial charge in [-0.25, -0.2) is 0 Å². The number of hydrogen-bond donors (Lipinski definition) is 1. The number of likely N-dealkylation sites (tertiary alicyclic amines) is 1. The lowest BCUT2D eigenvalue weighted by Gasteiger charge is -2.40. The van der Waals surface area contributed by atoms with Crippen molar-refractivity contribution >= 4 is 11.9 Å². The first-order valence-electron chi connectivity index (χ1n) is 10.6. The minimum Gasteiger partial charge on any atom is -0.458 e. The van der Waals surface area contributed by atoms with Crippen LogP contribution in [0, 0.1) is 11.8 Å². The molecule has 0 aromatic heterocycles. The second-order valence-electron chi connectivity index (χ2n) is 8.28. The molecular formula is C22H29F3N2O3. The Morgan fingerprint density at radius 2 is 2.00 bits per heavy atom. The standard InChI is InChI=1S/C22H29F3N2O3/c1-3-27-12-9-21(10-13-27)18(15(2)20(29)30-21)19(28)26-11-5-7-16-6-4-8-17(14-16)22(23,24)25/h4,6,8,14-15,18H,3,5,7,9-13H2,1-2H3,(H,26,28). The molecule has 5 nitrogen and oxygen atoms in total. The van der Waals surface area contributed by atoms with Gasteiger partial charge >= 0.3 is 12.1 Å².